The minimum absolute atomic E-state index is 0.0228. The number of carbonyl (C=O) groups excluding carboxylic acids is 2. The van der Waals surface area contributed by atoms with E-state index >= 15 is 0 Å². The molecule has 1 aliphatic rings. The molecule has 1 saturated heterocycles. The van der Waals surface area contributed by atoms with E-state index in [-0.39, 0.29) is 37.7 Å². The summed E-state index contributed by atoms with van der Waals surface area (Å²) in [7, 11) is 1.53. The Morgan fingerprint density at radius 1 is 1.07 bits per heavy atom. The number of ether oxygens (including phenoxy) is 2. The average molecular weight is 476 g/mol. The summed E-state index contributed by atoms with van der Waals surface area (Å²) in [5, 5.41) is 19.8. The maximum absolute atomic E-state index is 12.9. The third-order valence-corrected chi connectivity index (χ3v) is 5.33. The second-order valence-electron chi connectivity index (χ2n) is 6.61. The number of likely N-dealkylation sites (tertiary alicyclic amines) is 1. The molecule has 1 fully saturated rings. The van der Waals surface area contributed by atoms with Crippen LogP contribution in [0.25, 0.3) is 5.76 Å². The third kappa shape index (κ3) is 4.56. The first-order valence-corrected chi connectivity index (χ1v) is 10.1. The number of hydrogen-bond acceptors (Lipinski definition) is 6. The van der Waals surface area contributed by atoms with Crippen LogP contribution in [0.3, 0.4) is 0 Å². The van der Waals surface area contributed by atoms with E-state index in [0.29, 0.717) is 16.9 Å². The van der Waals surface area contributed by atoms with E-state index in [1.165, 1.54) is 12.0 Å². The lowest BCUT2D eigenvalue weighted by molar-refractivity contribution is -0.140. The molecule has 1 atom stereocenters. The molecule has 7 nitrogen and oxygen atoms in total. The second kappa shape index (κ2) is 9.88. The van der Waals surface area contributed by atoms with Crippen LogP contribution in [0, 0.1) is 0 Å². The number of aliphatic hydroxyl groups excluding tert-OH is 2. The fourth-order valence-corrected chi connectivity index (χ4v) is 3.60. The van der Waals surface area contributed by atoms with Gasteiger partial charge in [0.25, 0.3) is 11.7 Å². The number of hydrogen-bond donors (Lipinski definition) is 2. The Balaban J connectivity index is 2.04. The summed E-state index contributed by atoms with van der Waals surface area (Å²) in [5.41, 5.74) is 1.12. The fraction of sp³-hybridized carbons (Fsp3) is 0.273. The van der Waals surface area contributed by atoms with Gasteiger partial charge in [-0.15, -0.1) is 0 Å². The monoisotopic (exact) mass is 475 g/mol. The first-order valence-electron chi connectivity index (χ1n) is 9.34. The van der Waals surface area contributed by atoms with Crippen LogP contribution in [0.2, 0.25) is 0 Å². The molecule has 1 aliphatic heterocycles. The number of Topliss-reactive ketones (excluding diaryl/α,β-unsaturated/α-hetero) is 1. The molecule has 0 aliphatic carbocycles. The Bertz CT molecular complexity index is 939. The van der Waals surface area contributed by atoms with Gasteiger partial charge in [-0.05, 0) is 42.0 Å². The Morgan fingerprint density at radius 2 is 1.73 bits per heavy atom. The Kier molecular flexibility index (Phi) is 7.25. The van der Waals surface area contributed by atoms with Crippen molar-refractivity contribution in [3.8, 4) is 5.75 Å². The number of ketones is 1. The number of nitrogens with zero attached hydrogens (tertiary/aromatic N) is 1. The lowest BCUT2D eigenvalue weighted by Gasteiger charge is -2.25. The van der Waals surface area contributed by atoms with Crippen molar-refractivity contribution in [1.82, 2.24) is 4.90 Å². The van der Waals surface area contributed by atoms with Crippen LogP contribution in [0.15, 0.2) is 58.6 Å². The molecule has 30 heavy (non-hydrogen) atoms. The molecule has 8 heteroatoms. The van der Waals surface area contributed by atoms with E-state index in [9.17, 15) is 14.7 Å². The number of halogens is 1. The van der Waals surface area contributed by atoms with Crippen molar-refractivity contribution in [1.29, 1.82) is 0 Å². The summed E-state index contributed by atoms with van der Waals surface area (Å²) < 4.78 is 11.3. The number of methoxy groups -OCH3 is 1. The second-order valence-corrected chi connectivity index (χ2v) is 7.52. The summed E-state index contributed by atoms with van der Waals surface area (Å²) >= 11 is 3.38. The molecular formula is C22H22BrNO6. The van der Waals surface area contributed by atoms with Gasteiger partial charge in [0.2, 0.25) is 0 Å². The van der Waals surface area contributed by atoms with Crippen molar-refractivity contribution < 1.29 is 29.3 Å². The molecule has 0 saturated carbocycles. The van der Waals surface area contributed by atoms with Crippen LogP contribution >= 0.6 is 15.9 Å². The summed E-state index contributed by atoms with van der Waals surface area (Å²) in [6.07, 6.45) is 0. The highest BCUT2D eigenvalue weighted by atomic mass is 79.9. The van der Waals surface area contributed by atoms with E-state index in [0.717, 1.165) is 4.47 Å². The standard InChI is InChI=1S/C22H22BrNO6/c1-29-17-8-4-15(5-9-17)20(26)18-19(14-2-6-16(23)7-3-14)24(22(28)21(18)27)10-12-30-13-11-25/h2-9,19,25-26H,10-13H2,1H3. The van der Waals surface area contributed by atoms with Gasteiger partial charge < -0.3 is 24.6 Å². The van der Waals surface area contributed by atoms with Crippen molar-refractivity contribution in [2.45, 2.75) is 6.04 Å². The Labute approximate surface area is 182 Å². The van der Waals surface area contributed by atoms with Crippen molar-refractivity contribution in [3.05, 3.63) is 69.7 Å². The molecule has 2 N–H and O–H groups in total. The number of rotatable bonds is 8. The smallest absolute Gasteiger partial charge is 0.295 e. The minimum atomic E-state index is -0.752. The molecule has 3 rings (SSSR count). The van der Waals surface area contributed by atoms with Crippen LogP contribution < -0.4 is 4.74 Å². The SMILES string of the molecule is COc1ccc(C(O)=C2C(=O)C(=O)N(CCOCCO)C2c2ccc(Br)cc2)cc1. The molecule has 1 heterocycles. The number of aliphatic hydroxyl groups is 2. The molecule has 2 aromatic carbocycles. The van der Waals surface area contributed by atoms with Crippen LogP contribution in [0.5, 0.6) is 5.75 Å². The molecule has 0 bridgehead atoms. The summed E-state index contributed by atoms with van der Waals surface area (Å²) in [6.45, 7) is 0.305. The highest BCUT2D eigenvalue weighted by molar-refractivity contribution is 9.10. The van der Waals surface area contributed by atoms with E-state index < -0.39 is 17.7 Å². The van der Waals surface area contributed by atoms with Crippen molar-refractivity contribution >= 4 is 33.4 Å². The Hall–Kier alpha value is -2.68. The predicted molar refractivity (Wildman–Crippen MR) is 114 cm³/mol. The van der Waals surface area contributed by atoms with Gasteiger partial charge in [-0.3, -0.25) is 9.59 Å². The van der Waals surface area contributed by atoms with E-state index in [2.05, 4.69) is 15.9 Å². The van der Waals surface area contributed by atoms with Crippen molar-refractivity contribution in [2.24, 2.45) is 0 Å². The molecule has 1 amide bonds. The highest BCUT2D eigenvalue weighted by Crippen LogP contribution is 2.39. The molecule has 1 unspecified atom stereocenters. The van der Waals surface area contributed by atoms with Crippen molar-refractivity contribution in [2.75, 3.05) is 33.5 Å². The number of carbonyl (C=O) groups is 2. The average Bonchev–Trinajstić information content (AvgIpc) is 3.01. The summed E-state index contributed by atoms with van der Waals surface area (Å²) in [4.78, 5) is 27.0. The lowest BCUT2D eigenvalue weighted by atomic mass is 9.95. The zero-order chi connectivity index (χ0) is 21.7. The Morgan fingerprint density at radius 3 is 2.33 bits per heavy atom. The topological polar surface area (TPSA) is 96.3 Å². The first kappa shape index (κ1) is 22.0. The van der Waals surface area contributed by atoms with Crippen LogP contribution in [-0.4, -0.2) is 60.3 Å². The van der Waals surface area contributed by atoms with E-state index in [4.69, 9.17) is 14.6 Å². The van der Waals surface area contributed by atoms with Gasteiger partial charge in [-0.25, -0.2) is 0 Å². The van der Waals surface area contributed by atoms with Crippen LogP contribution in [0.1, 0.15) is 17.2 Å². The zero-order valence-corrected chi connectivity index (χ0v) is 18.0. The molecule has 2 aromatic rings. The van der Waals surface area contributed by atoms with Crippen LogP contribution in [0.4, 0.5) is 0 Å². The quantitative estimate of drug-likeness (QED) is 0.263. The fourth-order valence-electron chi connectivity index (χ4n) is 3.34. The van der Waals surface area contributed by atoms with Gasteiger partial charge in [0.15, 0.2) is 0 Å². The summed E-state index contributed by atoms with van der Waals surface area (Å²) in [5.74, 6) is -1.09. The van der Waals surface area contributed by atoms with Gasteiger partial charge >= 0.3 is 0 Å². The van der Waals surface area contributed by atoms with E-state index in [1.54, 1.807) is 36.4 Å². The van der Waals surface area contributed by atoms with Crippen LogP contribution in [-0.2, 0) is 14.3 Å². The van der Waals surface area contributed by atoms with Gasteiger partial charge in [0.1, 0.15) is 11.5 Å². The predicted octanol–water partition coefficient (Wildman–Crippen LogP) is 2.89. The lowest BCUT2D eigenvalue weighted by Crippen LogP contribution is -2.33. The number of amides is 1. The molecule has 0 spiro atoms. The highest BCUT2D eigenvalue weighted by Gasteiger charge is 2.45. The molecule has 0 radical (unpaired) electrons. The molecular weight excluding hydrogens is 454 g/mol. The number of benzene rings is 2. The van der Waals surface area contributed by atoms with Gasteiger partial charge in [-0.1, -0.05) is 28.1 Å². The van der Waals surface area contributed by atoms with Gasteiger partial charge in [-0.2, -0.15) is 0 Å². The van der Waals surface area contributed by atoms with Gasteiger partial charge in [0.05, 0.1) is 38.5 Å². The summed E-state index contributed by atoms with van der Waals surface area (Å²) in [6, 6.07) is 13.1. The minimum Gasteiger partial charge on any atom is -0.507 e. The molecule has 158 valence electrons. The van der Waals surface area contributed by atoms with E-state index in [1.807, 2.05) is 12.1 Å². The van der Waals surface area contributed by atoms with Crippen molar-refractivity contribution in [3.63, 3.8) is 0 Å². The zero-order valence-electron chi connectivity index (χ0n) is 16.4. The maximum Gasteiger partial charge on any atom is 0.295 e. The normalized spacial score (nSPS) is 18.1. The molecule has 0 aromatic heterocycles. The maximum atomic E-state index is 12.9. The largest absolute Gasteiger partial charge is 0.507 e. The first-order chi connectivity index (χ1) is 14.5. The van der Waals surface area contributed by atoms with Gasteiger partial charge in [0, 0.05) is 16.6 Å². The third-order valence-electron chi connectivity index (χ3n) is 4.80.